The van der Waals surface area contributed by atoms with Gasteiger partial charge >= 0.3 is 5.97 Å². The molecule has 2 rings (SSSR count). The lowest BCUT2D eigenvalue weighted by Gasteiger charge is -2.16. The van der Waals surface area contributed by atoms with E-state index in [0.717, 1.165) is 17.2 Å². The number of hydrogen-bond acceptors (Lipinski definition) is 5. The molecule has 0 radical (unpaired) electrons. The molecule has 0 aliphatic carbocycles. The number of carbonyl (C=O) groups excluding carboxylic acids is 1. The molecular formula is C16H20N2O2S. The molecule has 4 nitrogen and oxygen atoms in total. The van der Waals surface area contributed by atoms with Gasteiger partial charge in [0.1, 0.15) is 0 Å². The van der Waals surface area contributed by atoms with Crippen molar-refractivity contribution in [1.29, 1.82) is 0 Å². The van der Waals surface area contributed by atoms with E-state index in [1.165, 1.54) is 12.7 Å². The van der Waals surface area contributed by atoms with Crippen LogP contribution < -0.4 is 5.32 Å². The molecule has 0 spiro atoms. The largest absolute Gasteiger partial charge is 0.469 e. The van der Waals surface area contributed by atoms with Crippen LogP contribution >= 0.6 is 11.3 Å². The van der Waals surface area contributed by atoms with Crippen molar-refractivity contribution in [2.75, 3.05) is 12.4 Å². The molecule has 0 fully saturated rings. The fourth-order valence-corrected chi connectivity index (χ4v) is 2.87. The lowest BCUT2D eigenvalue weighted by atomic mass is 10.1. The highest BCUT2D eigenvalue weighted by Gasteiger charge is 2.11. The molecule has 0 aliphatic rings. The highest BCUT2D eigenvalue weighted by Crippen LogP contribution is 2.25. The van der Waals surface area contributed by atoms with E-state index < -0.39 is 0 Å². The zero-order chi connectivity index (χ0) is 15.1. The number of thiazole rings is 1. The van der Waals surface area contributed by atoms with Crippen LogP contribution in [0.1, 0.15) is 37.1 Å². The highest BCUT2D eigenvalue weighted by atomic mass is 32.1. The van der Waals surface area contributed by atoms with Crippen molar-refractivity contribution in [3.8, 4) is 0 Å². The number of ether oxygens (including phenoxy) is 1. The Morgan fingerprint density at radius 1 is 1.38 bits per heavy atom. The Kier molecular flexibility index (Phi) is 5.75. The van der Waals surface area contributed by atoms with Crippen LogP contribution in [-0.4, -0.2) is 18.1 Å². The minimum atomic E-state index is -0.201. The molecule has 2 aromatic rings. The molecule has 1 aromatic heterocycles. The second-order valence-corrected chi connectivity index (χ2v) is 5.59. The molecule has 1 atom stereocenters. The summed E-state index contributed by atoms with van der Waals surface area (Å²) >= 11 is 1.57. The fourth-order valence-electron chi connectivity index (χ4n) is 2.08. The van der Waals surface area contributed by atoms with E-state index in [4.69, 9.17) is 0 Å². The van der Waals surface area contributed by atoms with Gasteiger partial charge in [-0.2, -0.15) is 0 Å². The van der Waals surface area contributed by atoms with Crippen LogP contribution in [0.5, 0.6) is 0 Å². The van der Waals surface area contributed by atoms with Crippen molar-refractivity contribution in [3.05, 3.63) is 47.0 Å². The molecular weight excluding hydrogens is 284 g/mol. The number of nitrogens with zero attached hydrogens (tertiary/aromatic N) is 1. The van der Waals surface area contributed by atoms with Gasteiger partial charge in [0.25, 0.3) is 0 Å². The predicted molar refractivity (Wildman–Crippen MR) is 85.5 cm³/mol. The Morgan fingerprint density at radius 2 is 2.14 bits per heavy atom. The average molecular weight is 304 g/mol. The highest BCUT2D eigenvalue weighted by molar-refractivity contribution is 7.13. The molecule has 21 heavy (non-hydrogen) atoms. The number of methoxy groups -OCH3 is 1. The van der Waals surface area contributed by atoms with Crippen LogP contribution in [0.2, 0.25) is 0 Å². The Morgan fingerprint density at radius 3 is 2.81 bits per heavy atom. The van der Waals surface area contributed by atoms with Crippen LogP contribution in [0, 0.1) is 0 Å². The molecule has 0 bridgehead atoms. The molecule has 1 heterocycles. The normalized spacial score (nSPS) is 11.9. The molecule has 0 amide bonds. The number of hydrogen-bond donors (Lipinski definition) is 1. The van der Waals surface area contributed by atoms with Crippen LogP contribution in [0.25, 0.3) is 0 Å². The number of aryl methyl sites for hydroxylation is 1. The fraction of sp³-hybridized carbons (Fsp3) is 0.375. The summed E-state index contributed by atoms with van der Waals surface area (Å²) in [5.41, 5.74) is 2.18. The summed E-state index contributed by atoms with van der Waals surface area (Å²) in [6.45, 7) is 2.15. The van der Waals surface area contributed by atoms with Crippen LogP contribution in [0.15, 0.2) is 35.7 Å². The molecule has 0 aliphatic heterocycles. The first-order valence-electron chi connectivity index (χ1n) is 7.05. The van der Waals surface area contributed by atoms with Crippen molar-refractivity contribution < 1.29 is 9.53 Å². The minimum Gasteiger partial charge on any atom is -0.469 e. The molecule has 1 unspecified atom stereocenters. The number of anilines is 1. The summed E-state index contributed by atoms with van der Waals surface area (Å²) in [5.74, 6) is -0.201. The Balaban J connectivity index is 1.96. The van der Waals surface area contributed by atoms with Crippen molar-refractivity contribution in [3.63, 3.8) is 0 Å². The van der Waals surface area contributed by atoms with E-state index in [0.29, 0.717) is 12.8 Å². The Labute approximate surface area is 129 Å². The third kappa shape index (κ3) is 4.56. The molecule has 5 heteroatoms. The van der Waals surface area contributed by atoms with E-state index in [1.807, 2.05) is 23.6 Å². The topological polar surface area (TPSA) is 51.2 Å². The van der Waals surface area contributed by atoms with Crippen LogP contribution in [0.4, 0.5) is 5.13 Å². The summed E-state index contributed by atoms with van der Waals surface area (Å²) in [5, 5.41) is 6.34. The zero-order valence-corrected chi connectivity index (χ0v) is 13.2. The third-order valence-corrected chi connectivity index (χ3v) is 4.09. The van der Waals surface area contributed by atoms with Crippen molar-refractivity contribution in [1.82, 2.24) is 4.98 Å². The van der Waals surface area contributed by atoms with Gasteiger partial charge in [-0.1, -0.05) is 37.3 Å². The predicted octanol–water partition coefficient (Wildman–Crippen LogP) is 3.81. The quantitative estimate of drug-likeness (QED) is 0.790. The van der Waals surface area contributed by atoms with Gasteiger partial charge in [-0.15, -0.1) is 11.3 Å². The second kappa shape index (κ2) is 7.78. The average Bonchev–Trinajstić information content (AvgIpc) is 2.98. The van der Waals surface area contributed by atoms with E-state index in [1.54, 1.807) is 11.3 Å². The van der Waals surface area contributed by atoms with Crippen molar-refractivity contribution >= 4 is 22.4 Å². The van der Waals surface area contributed by atoms with E-state index in [9.17, 15) is 4.79 Å². The first kappa shape index (κ1) is 15.5. The van der Waals surface area contributed by atoms with E-state index in [2.05, 4.69) is 34.1 Å². The molecule has 112 valence electrons. The third-order valence-electron chi connectivity index (χ3n) is 3.27. The van der Waals surface area contributed by atoms with Gasteiger partial charge in [0.15, 0.2) is 5.13 Å². The minimum absolute atomic E-state index is 0.201. The molecule has 1 N–H and O–H groups in total. The Bertz CT molecular complexity index is 569. The summed E-state index contributed by atoms with van der Waals surface area (Å²) < 4.78 is 4.64. The lowest BCUT2D eigenvalue weighted by molar-refractivity contribution is -0.140. The lowest BCUT2D eigenvalue weighted by Crippen LogP contribution is -2.09. The van der Waals surface area contributed by atoms with Crippen molar-refractivity contribution in [2.24, 2.45) is 0 Å². The monoisotopic (exact) mass is 304 g/mol. The summed E-state index contributed by atoms with van der Waals surface area (Å²) in [4.78, 5) is 15.7. The number of benzene rings is 1. The van der Waals surface area contributed by atoms with Gasteiger partial charge in [-0.05, 0) is 12.0 Å². The zero-order valence-electron chi connectivity index (χ0n) is 12.3. The van der Waals surface area contributed by atoms with Gasteiger partial charge in [0.2, 0.25) is 0 Å². The first-order chi connectivity index (χ1) is 10.2. The van der Waals surface area contributed by atoms with Crippen LogP contribution in [-0.2, 0) is 16.0 Å². The van der Waals surface area contributed by atoms with E-state index >= 15 is 0 Å². The molecule has 1 aromatic carbocycles. The summed E-state index contributed by atoms with van der Waals surface area (Å²) in [6, 6.07) is 10.6. The maximum absolute atomic E-state index is 11.1. The van der Waals surface area contributed by atoms with Gasteiger partial charge < -0.3 is 10.1 Å². The Hall–Kier alpha value is -1.88. The number of aromatic nitrogens is 1. The molecule has 0 saturated carbocycles. The smallest absolute Gasteiger partial charge is 0.305 e. The van der Waals surface area contributed by atoms with Crippen LogP contribution in [0.3, 0.4) is 0 Å². The van der Waals surface area contributed by atoms with Gasteiger partial charge in [-0.25, -0.2) is 4.98 Å². The second-order valence-electron chi connectivity index (χ2n) is 4.74. The van der Waals surface area contributed by atoms with Crippen molar-refractivity contribution in [2.45, 2.75) is 32.2 Å². The van der Waals surface area contributed by atoms with Gasteiger partial charge in [0.05, 0.1) is 25.3 Å². The summed E-state index contributed by atoms with van der Waals surface area (Å²) in [7, 11) is 1.40. The SMILES string of the molecule is CCC(Nc1nc(CCC(=O)OC)cs1)c1ccccc1. The maximum atomic E-state index is 11.1. The maximum Gasteiger partial charge on any atom is 0.305 e. The van der Waals surface area contributed by atoms with Gasteiger partial charge in [-0.3, -0.25) is 4.79 Å². The molecule has 0 saturated heterocycles. The number of carbonyl (C=O) groups is 1. The number of esters is 1. The standard InChI is InChI=1S/C16H20N2O2S/c1-3-14(12-7-5-4-6-8-12)18-16-17-13(11-21-16)9-10-15(19)20-2/h4-8,11,14H,3,9-10H2,1-2H3,(H,17,18). The van der Waals surface area contributed by atoms with E-state index in [-0.39, 0.29) is 12.0 Å². The van der Waals surface area contributed by atoms with Gasteiger partial charge in [0, 0.05) is 11.8 Å². The first-order valence-corrected chi connectivity index (χ1v) is 7.93. The summed E-state index contributed by atoms with van der Waals surface area (Å²) in [6.07, 6.45) is 1.98. The number of nitrogens with one attached hydrogen (secondary N) is 1. The number of rotatable bonds is 7.